The molecule has 2 aromatic rings. The summed E-state index contributed by atoms with van der Waals surface area (Å²) < 4.78 is 0. The Bertz CT molecular complexity index is 550. The number of amides is 1. The molecule has 0 aliphatic carbocycles. The molecule has 0 spiro atoms. The molecule has 0 radical (unpaired) electrons. The van der Waals surface area contributed by atoms with Crippen LogP contribution in [-0.2, 0) is 11.3 Å². The molecule has 0 unspecified atom stereocenters. The molecule has 3 N–H and O–H groups in total. The number of rotatable bonds is 5. The van der Waals surface area contributed by atoms with Crippen molar-refractivity contribution in [3.8, 4) is 0 Å². The Balaban J connectivity index is 1.90. The van der Waals surface area contributed by atoms with Gasteiger partial charge in [-0.1, -0.05) is 17.7 Å². The molecule has 0 saturated carbocycles. The quantitative estimate of drug-likeness (QED) is 0.725. The number of aromatic nitrogens is 1. The summed E-state index contributed by atoms with van der Waals surface area (Å²) in [5.74, 6) is -0.00136. The minimum atomic E-state index is -0.00136. The van der Waals surface area contributed by atoms with Crippen molar-refractivity contribution in [1.29, 1.82) is 0 Å². The lowest BCUT2D eigenvalue weighted by atomic mass is 10.2. The average molecular weight is 266 g/mol. The molecule has 0 bridgehead atoms. The number of carbonyl (C=O) groups excluding carboxylic acids is 1. The van der Waals surface area contributed by atoms with E-state index in [4.69, 9.17) is 11.6 Å². The summed E-state index contributed by atoms with van der Waals surface area (Å²) in [5.41, 5.74) is 2.24. The van der Waals surface area contributed by atoms with Crippen molar-refractivity contribution in [3.63, 3.8) is 0 Å². The van der Waals surface area contributed by atoms with Crippen LogP contribution in [0, 0.1) is 0 Å². The lowest BCUT2D eigenvalue weighted by Crippen LogP contribution is -2.29. The van der Waals surface area contributed by atoms with Crippen molar-refractivity contribution in [3.05, 3.63) is 35.0 Å². The van der Waals surface area contributed by atoms with Crippen LogP contribution in [0.5, 0.6) is 0 Å². The van der Waals surface area contributed by atoms with E-state index in [9.17, 15) is 4.79 Å². The van der Waals surface area contributed by atoms with Gasteiger partial charge in [-0.2, -0.15) is 0 Å². The van der Waals surface area contributed by atoms with Gasteiger partial charge in [0.05, 0.1) is 0 Å². The van der Waals surface area contributed by atoms with E-state index >= 15 is 0 Å². The molecular weight excluding hydrogens is 250 g/mol. The van der Waals surface area contributed by atoms with Gasteiger partial charge < -0.3 is 15.6 Å². The zero-order chi connectivity index (χ0) is 13.0. The minimum Gasteiger partial charge on any atom is -0.361 e. The van der Waals surface area contributed by atoms with Gasteiger partial charge in [0.1, 0.15) is 0 Å². The summed E-state index contributed by atoms with van der Waals surface area (Å²) in [4.78, 5) is 13.9. The maximum Gasteiger partial charge on any atom is 0.216 e. The number of halogens is 1. The van der Waals surface area contributed by atoms with E-state index in [1.165, 1.54) is 17.9 Å². The number of carbonyl (C=O) groups is 1. The second-order valence-corrected chi connectivity index (χ2v) is 4.60. The molecule has 1 aromatic carbocycles. The number of aromatic amines is 1. The Hall–Kier alpha value is -1.52. The van der Waals surface area contributed by atoms with Crippen LogP contribution < -0.4 is 10.6 Å². The van der Waals surface area contributed by atoms with Gasteiger partial charge in [0.2, 0.25) is 5.91 Å². The molecule has 1 aromatic heterocycles. The zero-order valence-corrected chi connectivity index (χ0v) is 11.0. The fraction of sp³-hybridized carbons (Fsp3) is 0.308. The molecule has 1 heterocycles. The maximum atomic E-state index is 10.7. The van der Waals surface area contributed by atoms with Gasteiger partial charge in [-0.05, 0) is 17.7 Å². The number of H-pyrrole nitrogens is 1. The summed E-state index contributed by atoms with van der Waals surface area (Å²) >= 11 is 5.93. The molecule has 18 heavy (non-hydrogen) atoms. The number of fused-ring (bicyclic) bond motifs is 1. The summed E-state index contributed by atoms with van der Waals surface area (Å²) in [7, 11) is 0. The summed E-state index contributed by atoms with van der Waals surface area (Å²) in [5, 5.41) is 7.93. The second-order valence-electron chi connectivity index (χ2n) is 4.16. The SMILES string of the molecule is CC(=O)NCCNCc1c[nH]c2cc(Cl)ccc12. The molecule has 96 valence electrons. The van der Waals surface area contributed by atoms with E-state index in [1.807, 2.05) is 24.4 Å². The third kappa shape index (κ3) is 3.24. The first kappa shape index (κ1) is 12.9. The third-order valence-corrected chi connectivity index (χ3v) is 2.96. The molecule has 4 nitrogen and oxygen atoms in total. The van der Waals surface area contributed by atoms with Crippen LogP contribution in [0.25, 0.3) is 10.9 Å². The Kier molecular flexibility index (Phi) is 4.23. The molecular formula is C13H16ClN3O. The standard InChI is InChI=1S/C13H16ClN3O/c1-9(18)16-5-4-15-7-10-8-17-13-6-11(14)2-3-12(10)13/h2-3,6,8,15,17H,4-5,7H2,1H3,(H,16,18). The Morgan fingerprint density at radius 3 is 3.00 bits per heavy atom. The van der Waals surface area contributed by atoms with Crippen molar-refractivity contribution >= 4 is 28.4 Å². The lowest BCUT2D eigenvalue weighted by Gasteiger charge is -2.04. The van der Waals surface area contributed by atoms with Gasteiger partial charge >= 0.3 is 0 Å². The van der Waals surface area contributed by atoms with Crippen LogP contribution in [0.2, 0.25) is 5.02 Å². The van der Waals surface area contributed by atoms with Crippen LogP contribution in [-0.4, -0.2) is 24.0 Å². The van der Waals surface area contributed by atoms with Gasteiger partial charge in [-0.25, -0.2) is 0 Å². The monoisotopic (exact) mass is 265 g/mol. The molecule has 5 heteroatoms. The topological polar surface area (TPSA) is 56.9 Å². The normalized spacial score (nSPS) is 10.8. The van der Waals surface area contributed by atoms with Crippen LogP contribution in [0.15, 0.2) is 24.4 Å². The number of nitrogens with one attached hydrogen (secondary N) is 3. The predicted octanol–water partition coefficient (Wildman–Crippen LogP) is 2.05. The van der Waals surface area contributed by atoms with Crippen molar-refractivity contribution in [2.24, 2.45) is 0 Å². The van der Waals surface area contributed by atoms with Crippen LogP contribution in [0.3, 0.4) is 0 Å². The lowest BCUT2D eigenvalue weighted by molar-refractivity contribution is -0.118. The Labute approximate surface area is 111 Å². The minimum absolute atomic E-state index is 0.00136. The fourth-order valence-corrected chi connectivity index (χ4v) is 2.03. The first-order valence-corrected chi connectivity index (χ1v) is 6.25. The van der Waals surface area contributed by atoms with Crippen LogP contribution >= 0.6 is 11.6 Å². The highest BCUT2D eigenvalue weighted by Crippen LogP contribution is 2.21. The van der Waals surface area contributed by atoms with E-state index in [0.29, 0.717) is 6.54 Å². The smallest absolute Gasteiger partial charge is 0.216 e. The largest absolute Gasteiger partial charge is 0.361 e. The van der Waals surface area contributed by atoms with Crippen molar-refractivity contribution in [1.82, 2.24) is 15.6 Å². The Morgan fingerprint density at radius 2 is 2.22 bits per heavy atom. The van der Waals surface area contributed by atoms with Crippen molar-refractivity contribution in [2.45, 2.75) is 13.5 Å². The highest BCUT2D eigenvalue weighted by Gasteiger charge is 2.03. The van der Waals surface area contributed by atoms with Gasteiger partial charge in [0.25, 0.3) is 0 Å². The number of hydrogen-bond donors (Lipinski definition) is 3. The average Bonchev–Trinajstić information content (AvgIpc) is 2.70. The van der Waals surface area contributed by atoms with Crippen molar-refractivity contribution < 1.29 is 4.79 Å². The highest BCUT2D eigenvalue weighted by atomic mass is 35.5. The molecule has 2 rings (SSSR count). The third-order valence-electron chi connectivity index (χ3n) is 2.72. The first-order chi connectivity index (χ1) is 8.66. The van der Waals surface area contributed by atoms with Crippen LogP contribution in [0.4, 0.5) is 0 Å². The number of hydrogen-bond acceptors (Lipinski definition) is 2. The molecule has 0 aliphatic heterocycles. The van der Waals surface area contributed by atoms with Crippen LogP contribution in [0.1, 0.15) is 12.5 Å². The van der Waals surface area contributed by atoms with Crippen molar-refractivity contribution in [2.75, 3.05) is 13.1 Å². The molecule has 1 amide bonds. The predicted molar refractivity (Wildman–Crippen MR) is 73.7 cm³/mol. The molecule has 0 aliphatic rings. The molecule has 0 fully saturated rings. The van der Waals surface area contributed by atoms with E-state index in [1.54, 1.807) is 0 Å². The summed E-state index contributed by atoms with van der Waals surface area (Å²) in [6.07, 6.45) is 1.98. The van der Waals surface area contributed by atoms with Gasteiger partial charge in [0, 0.05) is 48.7 Å². The van der Waals surface area contributed by atoms with Gasteiger partial charge in [0.15, 0.2) is 0 Å². The maximum absolute atomic E-state index is 10.7. The van der Waals surface area contributed by atoms with E-state index in [0.717, 1.165) is 23.6 Å². The summed E-state index contributed by atoms with van der Waals surface area (Å²) in [6.45, 7) is 3.67. The first-order valence-electron chi connectivity index (χ1n) is 5.87. The van der Waals surface area contributed by atoms with Gasteiger partial charge in [-0.3, -0.25) is 4.79 Å². The fourth-order valence-electron chi connectivity index (χ4n) is 1.85. The van der Waals surface area contributed by atoms with E-state index < -0.39 is 0 Å². The van der Waals surface area contributed by atoms with E-state index in [-0.39, 0.29) is 5.91 Å². The molecule has 0 atom stereocenters. The second kappa shape index (κ2) is 5.89. The highest BCUT2D eigenvalue weighted by molar-refractivity contribution is 6.31. The Morgan fingerprint density at radius 1 is 1.39 bits per heavy atom. The zero-order valence-electron chi connectivity index (χ0n) is 10.2. The summed E-state index contributed by atoms with van der Waals surface area (Å²) in [6, 6.07) is 5.81. The van der Waals surface area contributed by atoms with E-state index in [2.05, 4.69) is 15.6 Å². The van der Waals surface area contributed by atoms with Gasteiger partial charge in [-0.15, -0.1) is 0 Å². The molecule has 0 saturated heterocycles. The number of benzene rings is 1.